The molecule has 112 valence electrons. The van der Waals surface area contributed by atoms with Crippen LogP contribution in [0.1, 0.15) is 30.1 Å². The Bertz CT molecular complexity index is 803. The zero-order chi connectivity index (χ0) is 15.1. The average Bonchev–Trinajstić information content (AvgIpc) is 2.92. The van der Waals surface area contributed by atoms with Crippen LogP contribution in [0.5, 0.6) is 0 Å². The van der Waals surface area contributed by atoms with Gasteiger partial charge in [0.25, 0.3) is 0 Å². The second-order valence-corrected chi connectivity index (χ2v) is 6.53. The number of rotatable bonds is 2. The summed E-state index contributed by atoms with van der Waals surface area (Å²) < 4.78 is 0. The number of thiocarbonyl (C=S) groups is 1. The number of halogens is 1. The normalized spacial score (nSPS) is 20.9. The van der Waals surface area contributed by atoms with E-state index >= 15 is 0 Å². The maximum atomic E-state index is 6.19. The number of allylic oxidation sites excluding steroid dienone is 2. The van der Waals surface area contributed by atoms with E-state index in [2.05, 4.69) is 40.2 Å². The van der Waals surface area contributed by atoms with E-state index in [1.165, 1.54) is 22.2 Å². The molecule has 0 saturated carbocycles. The van der Waals surface area contributed by atoms with Gasteiger partial charge in [0, 0.05) is 28.2 Å². The molecule has 0 radical (unpaired) electrons. The van der Waals surface area contributed by atoms with Gasteiger partial charge in [0.1, 0.15) is 0 Å². The highest BCUT2D eigenvalue weighted by molar-refractivity contribution is 7.78. The lowest BCUT2D eigenvalue weighted by Crippen LogP contribution is -2.34. The number of benzene rings is 1. The van der Waals surface area contributed by atoms with Crippen molar-refractivity contribution in [2.45, 2.75) is 25.3 Å². The molecule has 1 aromatic carbocycles. The SMILES string of the molecule is S=CN1CCc2c([nH]c3ccc(Cl)cc23)C1C1=CCCC=C1. The highest BCUT2D eigenvalue weighted by atomic mass is 35.5. The molecule has 0 spiro atoms. The van der Waals surface area contributed by atoms with E-state index in [1.807, 2.05) is 6.07 Å². The lowest BCUT2D eigenvalue weighted by Gasteiger charge is -2.35. The molecular weight excluding hydrogens is 312 g/mol. The summed E-state index contributed by atoms with van der Waals surface area (Å²) in [7, 11) is 0. The third kappa shape index (κ3) is 2.20. The fraction of sp³-hybridized carbons (Fsp3) is 0.278. The molecule has 0 amide bonds. The van der Waals surface area contributed by atoms with Gasteiger partial charge in [0.15, 0.2) is 0 Å². The monoisotopic (exact) mass is 328 g/mol. The molecule has 0 bridgehead atoms. The second-order valence-electron chi connectivity index (χ2n) is 5.89. The van der Waals surface area contributed by atoms with Crippen LogP contribution in [-0.2, 0) is 6.42 Å². The Kier molecular flexibility index (Phi) is 3.55. The van der Waals surface area contributed by atoms with Crippen molar-refractivity contribution in [3.05, 3.63) is 58.3 Å². The van der Waals surface area contributed by atoms with E-state index in [0.29, 0.717) is 0 Å². The maximum Gasteiger partial charge on any atom is 0.0946 e. The second kappa shape index (κ2) is 5.56. The molecular formula is C18H17ClN2S. The minimum absolute atomic E-state index is 0.198. The molecule has 2 nitrogen and oxygen atoms in total. The standard InChI is InChI=1S/C18H17ClN2S/c19-13-6-7-16-15(10-13)14-8-9-21(11-22)18(17(14)20-16)12-4-2-1-3-5-12/h2,4-7,10-11,18,20H,1,3,8-9H2. The highest BCUT2D eigenvalue weighted by Crippen LogP contribution is 2.39. The molecule has 2 aromatic rings. The summed E-state index contributed by atoms with van der Waals surface area (Å²) in [5.41, 5.74) is 6.95. The topological polar surface area (TPSA) is 19.0 Å². The minimum Gasteiger partial charge on any atom is -0.356 e. The van der Waals surface area contributed by atoms with Crippen molar-refractivity contribution in [2.24, 2.45) is 0 Å². The molecule has 2 aliphatic rings. The number of fused-ring (bicyclic) bond motifs is 3. The number of nitrogens with zero attached hydrogens (tertiary/aromatic N) is 1. The number of H-pyrrole nitrogens is 1. The average molecular weight is 329 g/mol. The van der Waals surface area contributed by atoms with Gasteiger partial charge >= 0.3 is 0 Å². The molecule has 22 heavy (non-hydrogen) atoms. The van der Waals surface area contributed by atoms with Gasteiger partial charge in [-0.25, -0.2) is 0 Å². The molecule has 0 fully saturated rings. The molecule has 1 aliphatic carbocycles. The van der Waals surface area contributed by atoms with Crippen LogP contribution in [0.2, 0.25) is 5.02 Å². The first kappa shape index (κ1) is 14.0. The molecule has 1 aliphatic heterocycles. The summed E-state index contributed by atoms with van der Waals surface area (Å²) in [6, 6.07) is 6.28. The Morgan fingerprint density at radius 1 is 1.32 bits per heavy atom. The maximum absolute atomic E-state index is 6.19. The summed E-state index contributed by atoms with van der Waals surface area (Å²) in [4.78, 5) is 5.87. The van der Waals surface area contributed by atoms with E-state index in [0.717, 1.165) is 36.3 Å². The van der Waals surface area contributed by atoms with E-state index in [1.54, 1.807) is 5.49 Å². The predicted octanol–water partition coefficient (Wildman–Crippen LogP) is 4.95. The molecule has 2 heterocycles. The third-order valence-corrected chi connectivity index (χ3v) is 5.11. The van der Waals surface area contributed by atoms with Crippen molar-refractivity contribution in [3.8, 4) is 0 Å². The van der Waals surface area contributed by atoms with Gasteiger partial charge < -0.3 is 9.88 Å². The summed E-state index contributed by atoms with van der Waals surface area (Å²) >= 11 is 11.5. The van der Waals surface area contributed by atoms with E-state index in [9.17, 15) is 0 Å². The predicted molar refractivity (Wildman–Crippen MR) is 96.6 cm³/mol. The number of aromatic nitrogens is 1. The van der Waals surface area contributed by atoms with Crippen LogP contribution in [0.4, 0.5) is 0 Å². The first-order chi connectivity index (χ1) is 10.8. The van der Waals surface area contributed by atoms with Crippen molar-refractivity contribution in [2.75, 3.05) is 6.54 Å². The van der Waals surface area contributed by atoms with Crippen LogP contribution < -0.4 is 0 Å². The molecule has 1 aromatic heterocycles. The quantitative estimate of drug-likeness (QED) is 0.786. The minimum atomic E-state index is 0.198. The van der Waals surface area contributed by atoms with Crippen LogP contribution in [0, 0.1) is 0 Å². The van der Waals surface area contributed by atoms with Crippen molar-refractivity contribution in [1.29, 1.82) is 0 Å². The van der Waals surface area contributed by atoms with Crippen LogP contribution >= 0.6 is 23.8 Å². The molecule has 1 atom stereocenters. The first-order valence-electron chi connectivity index (χ1n) is 7.65. The highest BCUT2D eigenvalue weighted by Gasteiger charge is 2.30. The van der Waals surface area contributed by atoms with Crippen molar-refractivity contribution < 1.29 is 0 Å². The van der Waals surface area contributed by atoms with Gasteiger partial charge in [0.2, 0.25) is 0 Å². The fourth-order valence-corrected chi connectivity index (χ4v) is 3.99. The van der Waals surface area contributed by atoms with Crippen LogP contribution in [0.25, 0.3) is 10.9 Å². The van der Waals surface area contributed by atoms with Gasteiger partial charge in [0.05, 0.1) is 11.5 Å². The van der Waals surface area contributed by atoms with Crippen LogP contribution in [-0.4, -0.2) is 21.9 Å². The van der Waals surface area contributed by atoms with Crippen molar-refractivity contribution >= 4 is 40.2 Å². The van der Waals surface area contributed by atoms with Crippen molar-refractivity contribution in [3.63, 3.8) is 0 Å². The fourth-order valence-electron chi connectivity index (χ4n) is 3.59. The zero-order valence-electron chi connectivity index (χ0n) is 12.2. The Balaban J connectivity index is 1.90. The number of hydrogen-bond donors (Lipinski definition) is 1. The van der Waals surface area contributed by atoms with E-state index in [-0.39, 0.29) is 6.04 Å². The lowest BCUT2D eigenvalue weighted by atomic mass is 9.90. The Morgan fingerprint density at radius 2 is 2.23 bits per heavy atom. The third-order valence-electron chi connectivity index (χ3n) is 4.60. The Morgan fingerprint density at radius 3 is 3.00 bits per heavy atom. The number of nitrogens with one attached hydrogen (secondary N) is 1. The molecule has 1 N–H and O–H groups in total. The summed E-state index contributed by atoms with van der Waals surface area (Å²) in [5.74, 6) is 0. The van der Waals surface area contributed by atoms with Gasteiger partial charge in [-0.3, -0.25) is 0 Å². The summed E-state index contributed by atoms with van der Waals surface area (Å²) in [5, 5.41) is 2.04. The Labute approximate surface area is 140 Å². The summed E-state index contributed by atoms with van der Waals surface area (Å²) in [6.45, 7) is 0.950. The zero-order valence-corrected chi connectivity index (χ0v) is 13.8. The smallest absolute Gasteiger partial charge is 0.0946 e. The van der Waals surface area contributed by atoms with Gasteiger partial charge in [-0.1, -0.05) is 42.0 Å². The lowest BCUT2D eigenvalue weighted by molar-refractivity contribution is 0.347. The number of aromatic amines is 1. The Hall–Kier alpha value is -1.58. The van der Waals surface area contributed by atoms with Gasteiger partial charge in [-0.2, -0.15) is 0 Å². The van der Waals surface area contributed by atoms with E-state index < -0.39 is 0 Å². The van der Waals surface area contributed by atoms with Gasteiger partial charge in [-0.05, 0) is 48.6 Å². The van der Waals surface area contributed by atoms with Crippen LogP contribution in [0.3, 0.4) is 0 Å². The molecule has 4 rings (SSSR count). The molecule has 4 heteroatoms. The van der Waals surface area contributed by atoms with Crippen LogP contribution in [0.15, 0.2) is 42.0 Å². The molecule has 0 saturated heterocycles. The van der Waals surface area contributed by atoms with Gasteiger partial charge in [-0.15, -0.1) is 0 Å². The van der Waals surface area contributed by atoms with Crippen molar-refractivity contribution in [1.82, 2.24) is 9.88 Å². The van der Waals surface area contributed by atoms with E-state index in [4.69, 9.17) is 23.8 Å². The largest absolute Gasteiger partial charge is 0.356 e. The first-order valence-corrected chi connectivity index (χ1v) is 8.50. The summed E-state index contributed by atoms with van der Waals surface area (Å²) in [6.07, 6.45) is 10.1. The molecule has 1 unspecified atom stereocenters. The number of hydrogen-bond acceptors (Lipinski definition) is 1.